The Bertz CT molecular complexity index is 1260. The Hall–Kier alpha value is -3.65. The van der Waals surface area contributed by atoms with Crippen LogP contribution in [0.4, 0.5) is 5.69 Å². The summed E-state index contributed by atoms with van der Waals surface area (Å²) in [5, 5.41) is 12.1. The van der Waals surface area contributed by atoms with Crippen LogP contribution in [-0.4, -0.2) is 52.6 Å². The lowest BCUT2D eigenvalue weighted by Gasteiger charge is -2.34. The van der Waals surface area contributed by atoms with Gasteiger partial charge >= 0.3 is 0 Å². The van der Waals surface area contributed by atoms with Crippen LogP contribution in [0.2, 0.25) is 0 Å². The predicted octanol–water partition coefficient (Wildman–Crippen LogP) is 2.06. The molecule has 12 nitrogen and oxygen atoms in total. The van der Waals surface area contributed by atoms with Gasteiger partial charge in [0.25, 0.3) is 5.91 Å². The average Bonchev–Trinajstić information content (AvgIpc) is 3.26. The van der Waals surface area contributed by atoms with E-state index >= 15 is 0 Å². The average molecular weight is 488 g/mol. The molecule has 34 heavy (non-hydrogen) atoms. The summed E-state index contributed by atoms with van der Waals surface area (Å²) in [6, 6.07) is 8.20. The summed E-state index contributed by atoms with van der Waals surface area (Å²) in [4.78, 5) is 21.2. The maximum absolute atomic E-state index is 12.9. The molecule has 1 aliphatic heterocycles. The number of aliphatic hydroxyl groups excluding tert-OH is 1. The number of amides is 1. The van der Waals surface area contributed by atoms with Crippen molar-refractivity contribution in [3.05, 3.63) is 65.9 Å². The summed E-state index contributed by atoms with van der Waals surface area (Å²) in [7, 11) is -3.40. The molecule has 0 bridgehead atoms. The molecule has 1 aliphatic rings. The number of carbonyl (C=O) groups is 1. The van der Waals surface area contributed by atoms with Gasteiger partial charge in [0.15, 0.2) is 5.84 Å². The Morgan fingerprint density at radius 2 is 2.09 bits per heavy atom. The standard InChI is InChI=1S/C21H25N7O5S/c1-21(2,11-33-16-5-3-4-15-18(16)19(22)27-34(31,32)26-15)25-20(30)13-6-7-23-17(8-13)28-9-14(10-29)24-12-28/h3-9,12,26,29,31-32H,10-11H2,1-2H3,(H2,22,27)(H,25,30). The van der Waals surface area contributed by atoms with Gasteiger partial charge in [-0.25, -0.2) is 9.97 Å². The van der Waals surface area contributed by atoms with Crippen molar-refractivity contribution in [3.8, 4) is 11.6 Å². The number of nitrogens with zero attached hydrogens (tertiary/aromatic N) is 4. The van der Waals surface area contributed by atoms with Gasteiger partial charge in [-0.2, -0.15) is 0 Å². The van der Waals surface area contributed by atoms with Crippen LogP contribution in [0.1, 0.15) is 35.5 Å². The predicted molar refractivity (Wildman–Crippen MR) is 128 cm³/mol. The molecule has 1 aromatic carbocycles. The minimum Gasteiger partial charge on any atom is -0.490 e. The number of rotatable bonds is 7. The molecule has 0 atom stereocenters. The van der Waals surface area contributed by atoms with Crippen LogP contribution < -0.4 is 20.5 Å². The minimum absolute atomic E-state index is 0.0561. The van der Waals surface area contributed by atoms with E-state index in [0.717, 1.165) is 0 Å². The lowest BCUT2D eigenvalue weighted by atomic mass is 10.1. The molecule has 3 heterocycles. The maximum Gasteiger partial charge on any atom is 0.252 e. The number of hydrogen-bond acceptors (Lipinski definition) is 10. The van der Waals surface area contributed by atoms with E-state index in [1.165, 1.54) is 12.5 Å². The number of ether oxygens (including phenoxy) is 1. The van der Waals surface area contributed by atoms with Gasteiger partial charge in [-0.05, 0) is 49.1 Å². The van der Waals surface area contributed by atoms with Crippen molar-refractivity contribution in [1.82, 2.24) is 19.9 Å². The summed E-state index contributed by atoms with van der Waals surface area (Å²) in [5.74, 6) is 0.485. The highest BCUT2D eigenvalue weighted by Gasteiger charge is 2.27. The molecule has 0 aliphatic carbocycles. The molecule has 0 saturated heterocycles. The molecule has 7 N–H and O–H groups in total. The van der Waals surface area contributed by atoms with Gasteiger partial charge in [-0.3, -0.25) is 23.2 Å². The highest BCUT2D eigenvalue weighted by atomic mass is 32.3. The summed E-state index contributed by atoms with van der Waals surface area (Å²) in [5.41, 5.74) is 6.83. The molecule has 2 aromatic heterocycles. The van der Waals surface area contributed by atoms with E-state index in [1.807, 2.05) is 0 Å². The topological polar surface area (TPSA) is 180 Å². The van der Waals surface area contributed by atoms with E-state index in [2.05, 4.69) is 24.4 Å². The molecule has 1 amide bonds. The molecule has 3 aromatic rings. The number of carbonyl (C=O) groups excluding carboxylic acids is 1. The Morgan fingerprint density at radius 3 is 2.82 bits per heavy atom. The molecule has 4 rings (SSSR count). The van der Waals surface area contributed by atoms with Crippen molar-refractivity contribution < 1.29 is 23.7 Å². The van der Waals surface area contributed by atoms with Crippen molar-refractivity contribution in [1.29, 1.82) is 0 Å². The number of imidazole rings is 1. The number of benzene rings is 1. The van der Waals surface area contributed by atoms with Crippen molar-refractivity contribution in [3.63, 3.8) is 0 Å². The second kappa shape index (κ2) is 8.95. The van der Waals surface area contributed by atoms with Crippen molar-refractivity contribution in [2.75, 3.05) is 11.3 Å². The molecular formula is C21H25N7O5S. The van der Waals surface area contributed by atoms with Crippen molar-refractivity contribution in [2.24, 2.45) is 10.1 Å². The summed E-state index contributed by atoms with van der Waals surface area (Å²) >= 11 is 0. The van der Waals surface area contributed by atoms with Crippen LogP contribution in [-0.2, 0) is 6.61 Å². The smallest absolute Gasteiger partial charge is 0.252 e. The third-order valence-electron chi connectivity index (χ3n) is 4.87. The van der Waals surface area contributed by atoms with E-state index in [-0.39, 0.29) is 25.0 Å². The zero-order valence-corrected chi connectivity index (χ0v) is 19.3. The SMILES string of the molecule is CC(C)(COc1cccc2c1C(N)=NS(O)(O)N2)NC(=O)c1ccnc(-n2cnc(CO)c2)c1. The first-order valence-electron chi connectivity index (χ1n) is 10.2. The highest BCUT2D eigenvalue weighted by molar-refractivity contribution is 8.24. The molecule has 0 unspecified atom stereocenters. The largest absolute Gasteiger partial charge is 0.490 e. The number of amidine groups is 1. The number of hydrogen-bond donors (Lipinski definition) is 6. The first-order chi connectivity index (χ1) is 16.1. The minimum atomic E-state index is -3.40. The van der Waals surface area contributed by atoms with Gasteiger partial charge in [0.1, 0.15) is 24.5 Å². The Balaban J connectivity index is 1.46. The normalized spacial score (nSPS) is 15.5. The van der Waals surface area contributed by atoms with Crippen molar-refractivity contribution >= 4 is 28.4 Å². The van der Waals surface area contributed by atoms with Crippen LogP contribution in [0.3, 0.4) is 0 Å². The monoisotopic (exact) mass is 487 g/mol. The first kappa shape index (κ1) is 23.5. The van der Waals surface area contributed by atoms with E-state index < -0.39 is 16.5 Å². The van der Waals surface area contributed by atoms with E-state index in [9.17, 15) is 19.0 Å². The van der Waals surface area contributed by atoms with Gasteiger partial charge in [0, 0.05) is 18.0 Å². The Morgan fingerprint density at radius 1 is 1.29 bits per heavy atom. The molecule has 0 saturated carbocycles. The summed E-state index contributed by atoms with van der Waals surface area (Å²) in [6.07, 6.45) is 4.66. The van der Waals surface area contributed by atoms with Crippen LogP contribution in [0.15, 0.2) is 53.5 Å². The van der Waals surface area contributed by atoms with Crippen molar-refractivity contribution in [2.45, 2.75) is 26.0 Å². The van der Waals surface area contributed by atoms with E-state index in [1.54, 1.807) is 54.9 Å². The highest BCUT2D eigenvalue weighted by Crippen LogP contribution is 2.46. The van der Waals surface area contributed by atoms with Crippen LogP contribution >= 0.6 is 11.0 Å². The third kappa shape index (κ3) is 5.12. The third-order valence-corrected chi connectivity index (χ3v) is 5.81. The number of nitrogens with one attached hydrogen (secondary N) is 2. The molecule has 0 radical (unpaired) electrons. The molecule has 13 heteroatoms. The number of anilines is 1. The second-order valence-electron chi connectivity index (χ2n) is 8.24. The number of aromatic nitrogens is 3. The van der Waals surface area contributed by atoms with Crippen LogP contribution in [0.5, 0.6) is 5.75 Å². The van der Waals surface area contributed by atoms with Gasteiger partial charge in [-0.1, -0.05) is 6.07 Å². The lowest BCUT2D eigenvalue weighted by molar-refractivity contribution is 0.0880. The zero-order chi connectivity index (χ0) is 24.5. The second-order valence-corrected chi connectivity index (χ2v) is 9.66. The number of pyridine rings is 1. The number of fused-ring (bicyclic) bond motifs is 1. The fourth-order valence-corrected chi connectivity index (χ4v) is 4.18. The molecule has 0 fully saturated rings. The van der Waals surface area contributed by atoms with Crippen LogP contribution in [0.25, 0.3) is 5.82 Å². The quantitative estimate of drug-likeness (QED) is 0.291. The first-order valence-corrected chi connectivity index (χ1v) is 11.7. The fraction of sp³-hybridized carbons (Fsp3) is 0.238. The van der Waals surface area contributed by atoms with Crippen LogP contribution in [0, 0.1) is 0 Å². The molecule has 0 spiro atoms. The van der Waals surface area contributed by atoms with Gasteiger partial charge in [0.05, 0.1) is 29.1 Å². The zero-order valence-electron chi connectivity index (χ0n) is 18.5. The number of nitrogens with two attached hydrogens (primary N) is 1. The molecular weight excluding hydrogens is 462 g/mol. The Labute approximate surface area is 197 Å². The van der Waals surface area contributed by atoms with E-state index in [0.29, 0.717) is 34.1 Å². The molecule has 180 valence electrons. The van der Waals surface area contributed by atoms with Gasteiger partial charge < -0.3 is 20.9 Å². The van der Waals surface area contributed by atoms with E-state index in [4.69, 9.17) is 10.5 Å². The Kier molecular flexibility index (Phi) is 6.18. The van der Waals surface area contributed by atoms with Gasteiger partial charge in [0.2, 0.25) is 0 Å². The lowest BCUT2D eigenvalue weighted by Crippen LogP contribution is -2.48. The summed E-state index contributed by atoms with van der Waals surface area (Å²) < 4.78 is 33.4. The van der Waals surface area contributed by atoms with Gasteiger partial charge in [-0.15, -0.1) is 4.40 Å². The summed E-state index contributed by atoms with van der Waals surface area (Å²) in [6.45, 7) is 3.51. The fourth-order valence-electron chi connectivity index (χ4n) is 3.30. The number of aliphatic hydroxyl groups is 1. The maximum atomic E-state index is 12.9.